The first-order valence-electron chi connectivity index (χ1n) is 4.97. The molecule has 0 saturated carbocycles. The standard InChI is InChI=1S/C10H15N3O/c1-14-10-9(12-5-6-13-10)8-3-2-4-11-7-8/h5-6,8,11H,2-4,7H2,1H3. The van der Waals surface area contributed by atoms with Crippen molar-refractivity contribution in [1.82, 2.24) is 15.3 Å². The summed E-state index contributed by atoms with van der Waals surface area (Å²) in [7, 11) is 1.64. The molecule has 1 aromatic rings. The third kappa shape index (κ3) is 1.85. The van der Waals surface area contributed by atoms with Gasteiger partial charge in [-0.05, 0) is 19.4 Å². The van der Waals surface area contributed by atoms with Gasteiger partial charge in [0.25, 0.3) is 0 Å². The molecule has 2 rings (SSSR count). The van der Waals surface area contributed by atoms with E-state index in [0.29, 0.717) is 11.8 Å². The fraction of sp³-hybridized carbons (Fsp3) is 0.600. The Morgan fingerprint density at radius 2 is 2.29 bits per heavy atom. The second-order valence-electron chi connectivity index (χ2n) is 3.49. The Bertz CT molecular complexity index is 297. The van der Waals surface area contributed by atoms with Gasteiger partial charge >= 0.3 is 0 Å². The van der Waals surface area contributed by atoms with E-state index in [2.05, 4.69) is 15.3 Å². The van der Waals surface area contributed by atoms with E-state index in [1.807, 2.05) is 0 Å². The molecule has 4 heteroatoms. The summed E-state index contributed by atoms with van der Waals surface area (Å²) in [4.78, 5) is 8.51. The van der Waals surface area contributed by atoms with Crippen LogP contribution in [0.2, 0.25) is 0 Å². The van der Waals surface area contributed by atoms with Crippen LogP contribution in [0.4, 0.5) is 0 Å². The summed E-state index contributed by atoms with van der Waals surface area (Å²) >= 11 is 0. The zero-order valence-electron chi connectivity index (χ0n) is 8.36. The molecule has 1 N–H and O–H groups in total. The average Bonchev–Trinajstić information content (AvgIpc) is 2.30. The summed E-state index contributed by atoms with van der Waals surface area (Å²) in [5.41, 5.74) is 0.988. The summed E-state index contributed by atoms with van der Waals surface area (Å²) in [6.07, 6.45) is 5.76. The Morgan fingerprint density at radius 3 is 3.00 bits per heavy atom. The van der Waals surface area contributed by atoms with Gasteiger partial charge in [-0.1, -0.05) is 0 Å². The first-order chi connectivity index (χ1) is 6.92. The van der Waals surface area contributed by atoms with Crippen molar-refractivity contribution in [1.29, 1.82) is 0 Å². The average molecular weight is 193 g/mol. The van der Waals surface area contributed by atoms with Gasteiger partial charge in [-0.2, -0.15) is 0 Å². The van der Waals surface area contributed by atoms with E-state index < -0.39 is 0 Å². The maximum absolute atomic E-state index is 5.20. The third-order valence-corrected chi connectivity index (χ3v) is 2.57. The number of ether oxygens (including phenoxy) is 1. The van der Waals surface area contributed by atoms with Gasteiger partial charge in [-0.25, -0.2) is 4.98 Å². The zero-order valence-corrected chi connectivity index (χ0v) is 8.36. The van der Waals surface area contributed by atoms with E-state index in [9.17, 15) is 0 Å². The van der Waals surface area contributed by atoms with Crippen molar-refractivity contribution in [2.75, 3.05) is 20.2 Å². The van der Waals surface area contributed by atoms with Crippen molar-refractivity contribution in [2.24, 2.45) is 0 Å². The first kappa shape index (κ1) is 9.40. The van der Waals surface area contributed by atoms with Crippen LogP contribution in [0.15, 0.2) is 12.4 Å². The van der Waals surface area contributed by atoms with Crippen molar-refractivity contribution in [2.45, 2.75) is 18.8 Å². The number of nitrogens with zero attached hydrogens (tertiary/aromatic N) is 2. The van der Waals surface area contributed by atoms with E-state index in [0.717, 1.165) is 18.8 Å². The molecule has 0 aromatic carbocycles. The number of nitrogens with one attached hydrogen (secondary N) is 1. The first-order valence-corrected chi connectivity index (χ1v) is 4.97. The van der Waals surface area contributed by atoms with E-state index >= 15 is 0 Å². The lowest BCUT2D eigenvalue weighted by Gasteiger charge is -2.22. The minimum absolute atomic E-state index is 0.451. The van der Waals surface area contributed by atoms with Crippen LogP contribution in [-0.2, 0) is 0 Å². The molecule has 2 heterocycles. The smallest absolute Gasteiger partial charge is 0.235 e. The van der Waals surface area contributed by atoms with Gasteiger partial charge < -0.3 is 10.1 Å². The number of hydrogen-bond donors (Lipinski definition) is 1. The van der Waals surface area contributed by atoms with Crippen LogP contribution in [0.25, 0.3) is 0 Å². The highest BCUT2D eigenvalue weighted by atomic mass is 16.5. The topological polar surface area (TPSA) is 47.0 Å². The normalized spacial score (nSPS) is 21.9. The monoisotopic (exact) mass is 193 g/mol. The van der Waals surface area contributed by atoms with Gasteiger partial charge in [0.2, 0.25) is 5.88 Å². The van der Waals surface area contributed by atoms with E-state index in [1.165, 1.54) is 12.8 Å². The third-order valence-electron chi connectivity index (χ3n) is 2.57. The largest absolute Gasteiger partial charge is 0.480 e. The molecule has 0 aliphatic carbocycles. The highest BCUT2D eigenvalue weighted by Gasteiger charge is 2.20. The van der Waals surface area contributed by atoms with Crippen LogP contribution in [0, 0.1) is 0 Å². The van der Waals surface area contributed by atoms with Crippen LogP contribution in [0.1, 0.15) is 24.5 Å². The van der Waals surface area contributed by atoms with Crippen molar-refractivity contribution < 1.29 is 4.74 Å². The van der Waals surface area contributed by atoms with Gasteiger partial charge in [0.15, 0.2) is 0 Å². The number of rotatable bonds is 2. The van der Waals surface area contributed by atoms with Gasteiger partial charge in [0.1, 0.15) is 5.69 Å². The SMILES string of the molecule is COc1nccnc1C1CCCNC1. The molecule has 0 radical (unpaired) electrons. The molecule has 1 saturated heterocycles. The molecule has 1 fully saturated rings. The Morgan fingerprint density at radius 1 is 1.43 bits per heavy atom. The van der Waals surface area contributed by atoms with Crippen molar-refractivity contribution in [3.8, 4) is 5.88 Å². The molecular weight excluding hydrogens is 178 g/mol. The fourth-order valence-corrected chi connectivity index (χ4v) is 1.86. The summed E-state index contributed by atoms with van der Waals surface area (Å²) in [6, 6.07) is 0. The van der Waals surface area contributed by atoms with Crippen LogP contribution >= 0.6 is 0 Å². The molecule has 1 atom stereocenters. The number of piperidine rings is 1. The number of methoxy groups -OCH3 is 1. The zero-order chi connectivity index (χ0) is 9.80. The molecule has 4 nitrogen and oxygen atoms in total. The molecular formula is C10H15N3O. The predicted molar refractivity (Wildman–Crippen MR) is 53.4 cm³/mol. The van der Waals surface area contributed by atoms with Crippen LogP contribution in [-0.4, -0.2) is 30.2 Å². The van der Waals surface area contributed by atoms with Gasteiger partial charge in [0.05, 0.1) is 7.11 Å². The molecule has 0 amide bonds. The van der Waals surface area contributed by atoms with Crippen LogP contribution < -0.4 is 10.1 Å². The molecule has 14 heavy (non-hydrogen) atoms. The highest BCUT2D eigenvalue weighted by molar-refractivity contribution is 5.22. The number of hydrogen-bond acceptors (Lipinski definition) is 4. The summed E-state index contributed by atoms with van der Waals surface area (Å²) < 4.78 is 5.20. The molecule has 76 valence electrons. The Hall–Kier alpha value is -1.16. The number of aromatic nitrogens is 2. The van der Waals surface area contributed by atoms with Crippen molar-refractivity contribution >= 4 is 0 Å². The van der Waals surface area contributed by atoms with Gasteiger partial charge in [-0.15, -0.1) is 0 Å². The summed E-state index contributed by atoms with van der Waals surface area (Å²) in [6.45, 7) is 2.09. The van der Waals surface area contributed by atoms with Crippen LogP contribution in [0.5, 0.6) is 5.88 Å². The van der Waals surface area contributed by atoms with Crippen molar-refractivity contribution in [3.05, 3.63) is 18.1 Å². The fourth-order valence-electron chi connectivity index (χ4n) is 1.86. The highest BCUT2D eigenvalue weighted by Crippen LogP contribution is 2.26. The Labute approximate surface area is 83.7 Å². The lowest BCUT2D eigenvalue weighted by Crippen LogP contribution is -2.29. The molecule has 0 bridgehead atoms. The Kier molecular flexibility index (Phi) is 2.93. The van der Waals surface area contributed by atoms with Crippen LogP contribution in [0.3, 0.4) is 0 Å². The van der Waals surface area contributed by atoms with Gasteiger partial charge in [0, 0.05) is 24.9 Å². The molecule has 1 aliphatic rings. The minimum Gasteiger partial charge on any atom is -0.480 e. The second kappa shape index (κ2) is 4.37. The molecule has 0 spiro atoms. The molecule has 1 aliphatic heterocycles. The van der Waals surface area contributed by atoms with E-state index in [-0.39, 0.29) is 0 Å². The summed E-state index contributed by atoms with van der Waals surface area (Å²) in [5.74, 6) is 1.12. The molecule has 1 unspecified atom stereocenters. The quantitative estimate of drug-likeness (QED) is 0.759. The lowest BCUT2D eigenvalue weighted by atomic mass is 9.96. The molecule has 1 aromatic heterocycles. The van der Waals surface area contributed by atoms with E-state index in [1.54, 1.807) is 19.5 Å². The minimum atomic E-state index is 0.451. The van der Waals surface area contributed by atoms with Crippen molar-refractivity contribution in [3.63, 3.8) is 0 Å². The maximum Gasteiger partial charge on any atom is 0.235 e. The van der Waals surface area contributed by atoms with E-state index in [4.69, 9.17) is 4.74 Å². The predicted octanol–water partition coefficient (Wildman–Crippen LogP) is 0.952. The lowest BCUT2D eigenvalue weighted by molar-refractivity contribution is 0.371. The van der Waals surface area contributed by atoms with Gasteiger partial charge in [-0.3, -0.25) is 4.98 Å². The Balaban J connectivity index is 2.20. The maximum atomic E-state index is 5.20. The summed E-state index contributed by atoms with van der Waals surface area (Å²) in [5, 5.41) is 3.36. The second-order valence-corrected chi connectivity index (χ2v) is 3.49.